The minimum atomic E-state index is -3.49. The van der Waals surface area contributed by atoms with Crippen LogP contribution in [-0.4, -0.2) is 56.1 Å². The number of benzene rings is 2. The van der Waals surface area contributed by atoms with Gasteiger partial charge in [-0.3, -0.25) is 10.1 Å². The molecule has 2 N–H and O–H groups in total. The van der Waals surface area contributed by atoms with Crippen molar-refractivity contribution in [3.8, 4) is 11.5 Å². The van der Waals surface area contributed by atoms with Gasteiger partial charge in [0.05, 0.1) is 36.8 Å². The van der Waals surface area contributed by atoms with Crippen molar-refractivity contribution in [3.63, 3.8) is 0 Å². The van der Waals surface area contributed by atoms with E-state index < -0.39 is 27.9 Å². The third kappa shape index (κ3) is 4.99. The monoisotopic (exact) mass is 526 g/mol. The first-order valence-corrected chi connectivity index (χ1v) is 12.5. The molecule has 0 aliphatic carbocycles. The predicted molar refractivity (Wildman–Crippen MR) is 122 cm³/mol. The number of rotatable bonds is 8. The lowest BCUT2D eigenvalue weighted by atomic mass is 10.1. The van der Waals surface area contributed by atoms with Crippen LogP contribution in [0.3, 0.4) is 0 Å². The number of amides is 2. The van der Waals surface area contributed by atoms with Gasteiger partial charge in [0.2, 0.25) is 0 Å². The molecule has 1 atom stereocenters. The number of halogens is 1. The van der Waals surface area contributed by atoms with Gasteiger partial charge < -0.3 is 19.5 Å². The predicted octanol–water partition coefficient (Wildman–Crippen LogP) is 3.69. The molecular weight excluding hydrogens is 504 g/mol. The SMILES string of the molecule is CCOc1cc([C@@H](CS(C)(=O)=O)N2Cc3c(Br)ccc(NC(=O)O)c3C2=O)ccc1OC. The number of methoxy groups -OCH3 is 1. The van der Waals surface area contributed by atoms with Crippen molar-refractivity contribution in [1.29, 1.82) is 0 Å². The number of anilines is 1. The van der Waals surface area contributed by atoms with E-state index in [0.717, 1.165) is 6.26 Å². The number of carboxylic acid groups (broad SMARTS) is 1. The highest BCUT2D eigenvalue weighted by molar-refractivity contribution is 9.10. The molecule has 9 nitrogen and oxygen atoms in total. The molecule has 2 aromatic rings. The van der Waals surface area contributed by atoms with E-state index in [4.69, 9.17) is 14.6 Å². The molecule has 0 spiro atoms. The van der Waals surface area contributed by atoms with Gasteiger partial charge in [-0.25, -0.2) is 13.2 Å². The van der Waals surface area contributed by atoms with Crippen LogP contribution in [0.4, 0.5) is 10.5 Å². The molecule has 0 saturated carbocycles. The first-order valence-electron chi connectivity index (χ1n) is 9.66. The summed E-state index contributed by atoms with van der Waals surface area (Å²) < 4.78 is 36.1. The molecule has 32 heavy (non-hydrogen) atoms. The molecule has 0 unspecified atom stereocenters. The largest absolute Gasteiger partial charge is 0.493 e. The van der Waals surface area contributed by atoms with Gasteiger partial charge >= 0.3 is 6.09 Å². The van der Waals surface area contributed by atoms with Gasteiger partial charge in [0.1, 0.15) is 9.84 Å². The summed E-state index contributed by atoms with van der Waals surface area (Å²) in [6, 6.07) is 7.34. The quantitative estimate of drug-likeness (QED) is 0.537. The van der Waals surface area contributed by atoms with E-state index in [2.05, 4.69) is 21.2 Å². The number of carbonyl (C=O) groups is 2. The summed E-state index contributed by atoms with van der Waals surface area (Å²) in [5, 5.41) is 11.4. The Kier molecular flexibility index (Phi) is 6.99. The summed E-state index contributed by atoms with van der Waals surface area (Å²) in [7, 11) is -1.99. The zero-order valence-corrected chi connectivity index (χ0v) is 20.1. The molecule has 2 amide bonds. The summed E-state index contributed by atoms with van der Waals surface area (Å²) in [6.45, 7) is 2.30. The van der Waals surface area contributed by atoms with Crippen LogP contribution in [0.1, 0.15) is 34.5 Å². The van der Waals surface area contributed by atoms with Gasteiger partial charge in [-0.1, -0.05) is 22.0 Å². The maximum atomic E-state index is 13.4. The number of carbonyl (C=O) groups excluding carboxylic acids is 1. The molecule has 11 heteroatoms. The standard InChI is InChI=1S/C21H23BrN2O7S/c1-4-31-18-9-12(5-8-17(18)30-2)16(11-32(3,28)29)24-10-13-14(22)6-7-15(23-21(26)27)19(13)20(24)25/h5-9,16,23H,4,10-11H2,1-3H3,(H,26,27)/t16-/m1/s1. The van der Waals surface area contributed by atoms with Crippen molar-refractivity contribution in [3.05, 3.63) is 51.5 Å². The normalized spacial score (nSPS) is 14.1. The van der Waals surface area contributed by atoms with Gasteiger partial charge in [-0.15, -0.1) is 0 Å². The zero-order chi connectivity index (χ0) is 23.6. The molecule has 0 saturated heterocycles. The van der Waals surface area contributed by atoms with Crippen molar-refractivity contribution in [2.45, 2.75) is 19.5 Å². The Hall–Kier alpha value is -2.79. The highest BCUT2D eigenvalue weighted by Gasteiger charge is 2.38. The van der Waals surface area contributed by atoms with Gasteiger partial charge in [0, 0.05) is 22.8 Å². The molecule has 0 radical (unpaired) electrons. The van der Waals surface area contributed by atoms with E-state index in [9.17, 15) is 18.0 Å². The third-order valence-electron chi connectivity index (χ3n) is 5.01. The lowest BCUT2D eigenvalue weighted by molar-refractivity contribution is 0.0719. The van der Waals surface area contributed by atoms with E-state index in [1.807, 2.05) is 6.92 Å². The maximum absolute atomic E-state index is 13.4. The number of sulfone groups is 1. The average Bonchev–Trinajstić information content (AvgIpc) is 3.06. The molecule has 1 aliphatic rings. The van der Waals surface area contributed by atoms with Crippen LogP contribution in [0.5, 0.6) is 11.5 Å². The molecule has 2 aromatic carbocycles. The Labute approximate surface area is 194 Å². The Balaban J connectivity index is 2.10. The van der Waals surface area contributed by atoms with Crippen LogP contribution < -0.4 is 14.8 Å². The van der Waals surface area contributed by atoms with Crippen LogP contribution in [0.2, 0.25) is 0 Å². The minimum Gasteiger partial charge on any atom is -0.493 e. The molecule has 0 bridgehead atoms. The summed E-state index contributed by atoms with van der Waals surface area (Å²) in [5.41, 5.74) is 1.48. The van der Waals surface area contributed by atoms with Crippen LogP contribution in [0.25, 0.3) is 0 Å². The summed E-state index contributed by atoms with van der Waals surface area (Å²) in [6.07, 6.45) is -0.196. The van der Waals surface area contributed by atoms with Crippen molar-refractivity contribution >= 4 is 43.5 Å². The highest BCUT2D eigenvalue weighted by atomic mass is 79.9. The first-order chi connectivity index (χ1) is 15.1. The smallest absolute Gasteiger partial charge is 0.409 e. The fraction of sp³-hybridized carbons (Fsp3) is 0.333. The van der Waals surface area contributed by atoms with Gasteiger partial charge in [0.15, 0.2) is 11.5 Å². The fourth-order valence-electron chi connectivity index (χ4n) is 3.70. The molecular formula is C21H23BrN2O7S. The van der Waals surface area contributed by atoms with E-state index in [0.29, 0.717) is 33.7 Å². The van der Waals surface area contributed by atoms with Gasteiger partial charge in [-0.2, -0.15) is 0 Å². The topological polar surface area (TPSA) is 122 Å². The Morgan fingerprint density at radius 1 is 1.28 bits per heavy atom. The lowest BCUT2D eigenvalue weighted by Crippen LogP contribution is -2.34. The highest BCUT2D eigenvalue weighted by Crippen LogP contribution is 2.40. The van der Waals surface area contributed by atoms with E-state index in [1.54, 1.807) is 24.3 Å². The zero-order valence-electron chi connectivity index (χ0n) is 17.7. The van der Waals surface area contributed by atoms with Crippen molar-refractivity contribution in [1.82, 2.24) is 4.90 Å². The maximum Gasteiger partial charge on any atom is 0.409 e. The number of hydrogen-bond donors (Lipinski definition) is 2. The van der Waals surface area contributed by atoms with Gasteiger partial charge in [-0.05, 0) is 36.8 Å². The second kappa shape index (κ2) is 9.37. The van der Waals surface area contributed by atoms with Crippen LogP contribution in [0, 0.1) is 0 Å². The number of ether oxygens (including phenoxy) is 2. The minimum absolute atomic E-state index is 0.111. The molecule has 3 rings (SSSR count). The Morgan fingerprint density at radius 2 is 2.00 bits per heavy atom. The number of nitrogens with one attached hydrogen (secondary N) is 1. The molecule has 0 aromatic heterocycles. The molecule has 0 fully saturated rings. The summed E-state index contributed by atoms with van der Waals surface area (Å²) in [4.78, 5) is 26.0. The van der Waals surface area contributed by atoms with E-state index in [1.165, 1.54) is 18.1 Å². The Bertz CT molecular complexity index is 1170. The second-order valence-corrected chi connectivity index (χ2v) is 10.3. The van der Waals surface area contributed by atoms with E-state index >= 15 is 0 Å². The summed E-state index contributed by atoms with van der Waals surface area (Å²) in [5.74, 6) is 0.140. The van der Waals surface area contributed by atoms with Crippen molar-refractivity contribution < 1.29 is 32.6 Å². The van der Waals surface area contributed by atoms with Gasteiger partial charge in [0.25, 0.3) is 5.91 Å². The number of fused-ring (bicyclic) bond motifs is 1. The molecule has 1 heterocycles. The summed E-state index contributed by atoms with van der Waals surface area (Å²) >= 11 is 3.41. The van der Waals surface area contributed by atoms with Crippen molar-refractivity contribution in [2.75, 3.05) is 31.0 Å². The fourth-order valence-corrected chi connectivity index (χ4v) is 5.10. The number of hydrogen-bond acceptors (Lipinski definition) is 6. The van der Waals surface area contributed by atoms with E-state index in [-0.39, 0.29) is 23.5 Å². The second-order valence-electron chi connectivity index (χ2n) is 7.26. The first kappa shape index (κ1) is 23.9. The molecule has 1 aliphatic heterocycles. The molecule has 172 valence electrons. The van der Waals surface area contributed by atoms with Crippen LogP contribution in [0.15, 0.2) is 34.8 Å². The van der Waals surface area contributed by atoms with Crippen molar-refractivity contribution in [2.24, 2.45) is 0 Å². The van der Waals surface area contributed by atoms with Crippen LogP contribution >= 0.6 is 15.9 Å². The number of nitrogens with zero attached hydrogens (tertiary/aromatic N) is 1. The lowest BCUT2D eigenvalue weighted by Gasteiger charge is -2.28. The average molecular weight is 527 g/mol. The third-order valence-corrected chi connectivity index (χ3v) is 6.67. The van der Waals surface area contributed by atoms with Crippen LogP contribution in [-0.2, 0) is 16.4 Å². The Morgan fingerprint density at radius 3 is 2.59 bits per heavy atom.